The van der Waals surface area contributed by atoms with Crippen LogP contribution in [0.2, 0.25) is 0 Å². The molecule has 1 rings (SSSR count). The molecule has 0 aliphatic rings. The first-order chi connectivity index (χ1) is 11.1. The molecule has 0 bridgehead atoms. The number of benzene rings is 1. The zero-order chi connectivity index (χ0) is 18.3. The Morgan fingerprint density at radius 2 is 1.79 bits per heavy atom. The third-order valence-electron chi connectivity index (χ3n) is 3.06. The normalized spacial score (nSPS) is 13.8. The van der Waals surface area contributed by atoms with Crippen LogP contribution in [-0.2, 0) is 20.8 Å². The number of amides is 1. The summed E-state index contributed by atoms with van der Waals surface area (Å²) < 4.78 is 38.9. The molecule has 2 atom stereocenters. The highest BCUT2D eigenvalue weighted by atomic mass is 32.2. The number of aliphatic carboxylic acids is 1. The third-order valence-corrected chi connectivity index (χ3v) is 3.97. The highest BCUT2D eigenvalue weighted by molar-refractivity contribution is 8.13. The van der Waals surface area contributed by atoms with Crippen molar-refractivity contribution in [3.63, 3.8) is 0 Å². The average Bonchev–Trinajstić information content (AvgIpc) is 2.45. The van der Waals surface area contributed by atoms with Gasteiger partial charge in [-0.2, -0.15) is 13.2 Å². The van der Waals surface area contributed by atoms with E-state index in [4.69, 9.17) is 5.11 Å². The van der Waals surface area contributed by atoms with Gasteiger partial charge in [-0.05, 0) is 5.56 Å². The number of carbonyl (C=O) groups excluding carboxylic acids is 2. The van der Waals surface area contributed by atoms with Crippen LogP contribution in [0.3, 0.4) is 0 Å². The number of halogens is 3. The Kier molecular flexibility index (Phi) is 7.27. The minimum atomic E-state index is -4.87. The molecule has 0 saturated heterocycles. The first-order valence-corrected chi connectivity index (χ1v) is 7.87. The lowest BCUT2D eigenvalue weighted by Crippen LogP contribution is -2.49. The molecule has 5 nitrogen and oxygen atoms in total. The summed E-state index contributed by atoms with van der Waals surface area (Å²) in [6, 6.07) is 6.73. The first-order valence-electron chi connectivity index (χ1n) is 6.88. The first kappa shape index (κ1) is 20.0. The maximum absolute atomic E-state index is 13.0. The maximum Gasteiger partial charge on any atom is 0.401 e. The summed E-state index contributed by atoms with van der Waals surface area (Å²) in [7, 11) is 0. The van der Waals surface area contributed by atoms with Crippen molar-refractivity contribution >= 4 is 28.8 Å². The molecule has 0 saturated carbocycles. The van der Waals surface area contributed by atoms with E-state index in [0.29, 0.717) is 17.3 Å². The summed E-state index contributed by atoms with van der Waals surface area (Å²) in [6.45, 7) is 1.09. The lowest BCUT2D eigenvalue weighted by atomic mass is 10.0. The molecule has 0 radical (unpaired) electrons. The highest BCUT2D eigenvalue weighted by Crippen LogP contribution is 2.29. The monoisotopic (exact) mass is 363 g/mol. The molecule has 24 heavy (non-hydrogen) atoms. The number of thioether (sulfide) groups is 1. The molecule has 0 spiro atoms. The van der Waals surface area contributed by atoms with Gasteiger partial charge < -0.3 is 10.4 Å². The fourth-order valence-electron chi connectivity index (χ4n) is 1.84. The predicted octanol–water partition coefficient (Wildman–Crippen LogP) is 2.26. The number of rotatable bonds is 7. The van der Waals surface area contributed by atoms with E-state index in [0.717, 1.165) is 6.92 Å². The Morgan fingerprint density at radius 1 is 1.21 bits per heavy atom. The molecule has 2 N–H and O–H groups in total. The topological polar surface area (TPSA) is 83.5 Å². The number of carboxylic acid groups (broad SMARTS) is 1. The van der Waals surface area contributed by atoms with Crippen LogP contribution in [0.4, 0.5) is 13.2 Å². The van der Waals surface area contributed by atoms with E-state index in [2.05, 4.69) is 0 Å². The van der Waals surface area contributed by atoms with Gasteiger partial charge in [0, 0.05) is 19.1 Å². The predicted molar refractivity (Wildman–Crippen MR) is 82.4 cm³/mol. The summed E-state index contributed by atoms with van der Waals surface area (Å²) >= 11 is 0.367. The second kappa shape index (κ2) is 8.72. The average molecular weight is 363 g/mol. The molecule has 0 aromatic heterocycles. The molecule has 132 valence electrons. The van der Waals surface area contributed by atoms with Crippen LogP contribution in [0.1, 0.15) is 12.5 Å². The number of hydrogen-bond donors (Lipinski definition) is 2. The minimum Gasteiger partial charge on any atom is -0.480 e. The Hall–Kier alpha value is -2.03. The standard InChI is InChI=1S/C15H16F3NO4S/c1-9(20)24-8-11(15(16,17)18)13(21)19-12(14(22)23)7-10-5-3-2-4-6-10/h2-6,11-12H,7-8H2,1H3,(H,19,21)(H,22,23)/t11?,12-/m0/s1. The van der Waals surface area contributed by atoms with Gasteiger partial charge in [-0.25, -0.2) is 4.79 Å². The zero-order valence-corrected chi connectivity index (χ0v) is 13.5. The molecule has 1 unspecified atom stereocenters. The largest absolute Gasteiger partial charge is 0.480 e. The fourth-order valence-corrected chi connectivity index (χ4v) is 2.58. The quantitative estimate of drug-likeness (QED) is 0.776. The van der Waals surface area contributed by atoms with Crippen LogP contribution in [-0.4, -0.2) is 40.1 Å². The van der Waals surface area contributed by atoms with Gasteiger partial charge in [0.2, 0.25) is 5.91 Å². The smallest absolute Gasteiger partial charge is 0.401 e. The fraction of sp³-hybridized carbons (Fsp3) is 0.400. The molecule has 0 aliphatic carbocycles. The van der Waals surface area contributed by atoms with E-state index >= 15 is 0 Å². The molecule has 1 aromatic rings. The summed E-state index contributed by atoms with van der Waals surface area (Å²) in [5, 5.41) is 10.5. The van der Waals surface area contributed by atoms with E-state index in [1.807, 2.05) is 5.32 Å². The Labute approximate surface area is 140 Å². The Balaban J connectivity index is 2.84. The molecule has 1 amide bonds. The van der Waals surface area contributed by atoms with Gasteiger partial charge >= 0.3 is 12.1 Å². The van der Waals surface area contributed by atoms with E-state index in [9.17, 15) is 27.6 Å². The number of carbonyl (C=O) groups is 3. The van der Waals surface area contributed by atoms with Crippen molar-refractivity contribution in [1.29, 1.82) is 0 Å². The van der Waals surface area contributed by atoms with Crippen molar-refractivity contribution in [3.8, 4) is 0 Å². The van der Waals surface area contributed by atoms with E-state index in [1.165, 1.54) is 0 Å². The summed E-state index contributed by atoms with van der Waals surface area (Å²) in [5.74, 6) is -6.14. The van der Waals surface area contributed by atoms with Crippen LogP contribution >= 0.6 is 11.8 Å². The second-order valence-corrected chi connectivity index (χ2v) is 6.18. The van der Waals surface area contributed by atoms with Crippen molar-refractivity contribution in [2.45, 2.75) is 25.6 Å². The summed E-state index contributed by atoms with van der Waals surface area (Å²) in [4.78, 5) is 34.0. The van der Waals surface area contributed by atoms with Crippen molar-refractivity contribution in [1.82, 2.24) is 5.32 Å². The second-order valence-electron chi connectivity index (χ2n) is 4.99. The van der Waals surface area contributed by atoms with Gasteiger partial charge in [0.05, 0.1) is 0 Å². The number of nitrogens with one attached hydrogen (secondary N) is 1. The molecular weight excluding hydrogens is 347 g/mol. The molecular formula is C15H16F3NO4S. The zero-order valence-electron chi connectivity index (χ0n) is 12.7. The van der Waals surface area contributed by atoms with Crippen molar-refractivity contribution in [2.24, 2.45) is 5.92 Å². The molecule has 1 aromatic carbocycles. The maximum atomic E-state index is 13.0. The van der Waals surface area contributed by atoms with Gasteiger partial charge in [-0.3, -0.25) is 9.59 Å². The molecule has 0 heterocycles. The van der Waals surface area contributed by atoms with E-state index < -0.39 is 40.9 Å². The Bertz CT molecular complexity index is 592. The van der Waals surface area contributed by atoms with Gasteiger partial charge in [-0.15, -0.1) is 0 Å². The highest BCUT2D eigenvalue weighted by Gasteiger charge is 2.45. The van der Waals surface area contributed by atoms with Crippen molar-refractivity contribution < 1.29 is 32.7 Å². The minimum absolute atomic E-state index is 0.146. The SMILES string of the molecule is CC(=O)SCC(C(=O)N[C@@H](Cc1ccccc1)C(=O)O)C(F)(F)F. The third kappa shape index (κ3) is 6.61. The van der Waals surface area contributed by atoms with Gasteiger partial charge in [0.1, 0.15) is 12.0 Å². The van der Waals surface area contributed by atoms with Crippen LogP contribution < -0.4 is 5.32 Å². The molecule has 9 heteroatoms. The number of hydrogen-bond acceptors (Lipinski definition) is 4. The van der Waals surface area contributed by atoms with E-state index in [1.54, 1.807) is 30.3 Å². The lowest BCUT2D eigenvalue weighted by molar-refractivity contribution is -0.179. The van der Waals surface area contributed by atoms with Crippen LogP contribution in [0.15, 0.2) is 30.3 Å². The number of alkyl halides is 3. The van der Waals surface area contributed by atoms with Gasteiger partial charge in [0.25, 0.3) is 0 Å². The summed E-state index contributed by atoms with van der Waals surface area (Å²) in [6.07, 6.45) is -5.02. The number of carboxylic acids is 1. The lowest BCUT2D eigenvalue weighted by Gasteiger charge is -2.22. The van der Waals surface area contributed by atoms with Gasteiger partial charge in [0.15, 0.2) is 5.12 Å². The Morgan fingerprint density at radius 3 is 2.25 bits per heavy atom. The van der Waals surface area contributed by atoms with Crippen molar-refractivity contribution in [3.05, 3.63) is 35.9 Å². The van der Waals surface area contributed by atoms with Crippen LogP contribution in [0, 0.1) is 5.92 Å². The van der Waals surface area contributed by atoms with E-state index in [-0.39, 0.29) is 6.42 Å². The van der Waals surface area contributed by atoms with Gasteiger partial charge in [-0.1, -0.05) is 42.1 Å². The summed E-state index contributed by atoms with van der Waals surface area (Å²) in [5.41, 5.74) is 0.562. The molecule has 0 fully saturated rings. The van der Waals surface area contributed by atoms with Crippen LogP contribution in [0.25, 0.3) is 0 Å². The van der Waals surface area contributed by atoms with Crippen LogP contribution in [0.5, 0.6) is 0 Å². The van der Waals surface area contributed by atoms with Crippen molar-refractivity contribution in [2.75, 3.05) is 5.75 Å². The molecule has 0 aliphatic heterocycles.